The number of nitro groups is 1. The summed E-state index contributed by atoms with van der Waals surface area (Å²) >= 11 is 0. The van der Waals surface area contributed by atoms with Crippen LogP contribution in [0.4, 0.5) is 5.69 Å². The number of aromatic hydroxyl groups is 1. The summed E-state index contributed by atoms with van der Waals surface area (Å²) in [4.78, 5) is 33.3. The van der Waals surface area contributed by atoms with Crippen LogP contribution in [0.25, 0.3) is 0 Å². The normalized spacial score (nSPS) is 9.90. The van der Waals surface area contributed by atoms with Crippen molar-refractivity contribution in [3.63, 3.8) is 0 Å². The molecule has 2 aromatic carbocycles. The van der Waals surface area contributed by atoms with Gasteiger partial charge in [0.05, 0.1) is 10.5 Å². The summed E-state index contributed by atoms with van der Waals surface area (Å²) in [5.41, 5.74) is -0.337. The number of hydrogen-bond donors (Lipinski definition) is 1. The van der Waals surface area contributed by atoms with Crippen LogP contribution in [-0.2, 0) is 4.74 Å². The highest BCUT2D eigenvalue weighted by Gasteiger charge is 2.18. The van der Waals surface area contributed by atoms with Gasteiger partial charge >= 0.3 is 11.9 Å². The lowest BCUT2D eigenvalue weighted by atomic mass is 10.2. The molecule has 0 unspecified atom stereocenters. The molecule has 0 aromatic heterocycles. The van der Waals surface area contributed by atoms with E-state index < -0.39 is 16.9 Å². The Kier molecular flexibility index (Phi) is 3.94. The SMILES string of the molecule is O=C(OC(=O)c1ccccc1O)c1ccc([N+](=O)[O-])cc1. The highest BCUT2D eigenvalue weighted by atomic mass is 16.6. The van der Waals surface area contributed by atoms with E-state index in [-0.39, 0.29) is 22.6 Å². The first kappa shape index (κ1) is 14.2. The summed E-state index contributed by atoms with van der Waals surface area (Å²) in [5.74, 6) is -2.27. The van der Waals surface area contributed by atoms with E-state index in [9.17, 15) is 24.8 Å². The van der Waals surface area contributed by atoms with Gasteiger partial charge in [0.1, 0.15) is 11.3 Å². The molecule has 2 rings (SSSR count). The number of nitro benzene ring substituents is 1. The van der Waals surface area contributed by atoms with Gasteiger partial charge in [0.25, 0.3) is 5.69 Å². The number of ether oxygens (including phenoxy) is 1. The minimum Gasteiger partial charge on any atom is -0.507 e. The number of hydrogen-bond acceptors (Lipinski definition) is 6. The van der Waals surface area contributed by atoms with E-state index in [1.807, 2.05) is 0 Å². The molecule has 0 atom stereocenters. The fourth-order valence-electron chi connectivity index (χ4n) is 1.56. The lowest BCUT2D eigenvalue weighted by Gasteiger charge is -2.04. The van der Waals surface area contributed by atoms with Gasteiger partial charge in [0.2, 0.25) is 0 Å². The number of rotatable bonds is 3. The van der Waals surface area contributed by atoms with E-state index in [2.05, 4.69) is 4.74 Å². The summed E-state index contributed by atoms with van der Waals surface area (Å²) in [7, 11) is 0. The third-order valence-corrected chi connectivity index (χ3v) is 2.62. The van der Waals surface area contributed by atoms with E-state index >= 15 is 0 Å². The van der Waals surface area contributed by atoms with Gasteiger partial charge in [-0.15, -0.1) is 0 Å². The third-order valence-electron chi connectivity index (χ3n) is 2.62. The van der Waals surface area contributed by atoms with Crippen LogP contribution in [0.2, 0.25) is 0 Å². The highest BCUT2D eigenvalue weighted by molar-refractivity contribution is 6.03. The Labute approximate surface area is 118 Å². The van der Waals surface area contributed by atoms with Crippen molar-refractivity contribution >= 4 is 17.6 Å². The van der Waals surface area contributed by atoms with Crippen LogP contribution in [0.1, 0.15) is 20.7 Å². The Balaban J connectivity index is 2.13. The van der Waals surface area contributed by atoms with Crippen molar-refractivity contribution in [2.75, 3.05) is 0 Å². The fourth-order valence-corrected chi connectivity index (χ4v) is 1.56. The van der Waals surface area contributed by atoms with E-state index in [4.69, 9.17) is 0 Å². The third kappa shape index (κ3) is 3.21. The lowest BCUT2D eigenvalue weighted by molar-refractivity contribution is -0.384. The molecule has 0 saturated carbocycles. The predicted molar refractivity (Wildman–Crippen MR) is 70.9 cm³/mol. The van der Waals surface area contributed by atoms with Crippen LogP contribution in [-0.4, -0.2) is 22.0 Å². The second-order valence-corrected chi connectivity index (χ2v) is 4.00. The van der Waals surface area contributed by atoms with E-state index in [1.54, 1.807) is 0 Å². The Morgan fingerprint density at radius 3 is 2.19 bits per heavy atom. The highest BCUT2D eigenvalue weighted by Crippen LogP contribution is 2.18. The number of carbonyl (C=O) groups excluding carboxylic acids is 2. The minimum atomic E-state index is -1.00. The second-order valence-electron chi connectivity index (χ2n) is 4.00. The number of esters is 2. The Morgan fingerprint density at radius 1 is 1.00 bits per heavy atom. The van der Waals surface area contributed by atoms with Crippen LogP contribution < -0.4 is 0 Å². The van der Waals surface area contributed by atoms with Gasteiger partial charge in [0.15, 0.2) is 0 Å². The van der Waals surface area contributed by atoms with Crippen molar-refractivity contribution in [1.29, 1.82) is 0 Å². The fraction of sp³-hybridized carbons (Fsp3) is 0. The molecule has 7 heteroatoms. The first-order chi connectivity index (χ1) is 9.99. The van der Waals surface area contributed by atoms with Crippen molar-refractivity contribution in [2.45, 2.75) is 0 Å². The molecule has 0 radical (unpaired) electrons. The number of phenols is 1. The maximum Gasteiger partial charge on any atom is 0.349 e. The molecule has 0 bridgehead atoms. The summed E-state index contributed by atoms with van der Waals surface area (Å²) in [6.07, 6.45) is 0. The minimum absolute atomic E-state index is 0.00984. The van der Waals surface area contributed by atoms with Gasteiger partial charge in [-0.05, 0) is 24.3 Å². The largest absolute Gasteiger partial charge is 0.507 e. The zero-order chi connectivity index (χ0) is 15.4. The first-order valence-electron chi connectivity index (χ1n) is 5.78. The molecule has 106 valence electrons. The maximum absolute atomic E-state index is 11.7. The van der Waals surface area contributed by atoms with Gasteiger partial charge in [0, 0.05) is 12.1 Å². The molecule has 0 aliphatic heterocycles. The second kappa shape index (κ2) is 5.83. The number of para-hydroxylation sites is 1. The number of benzene rings is 2. The molecule has 0 spiro atoms. The van der Waals surface area contributed by atoms with Gasteiger partial charge in [-0.25, -0.2) is 9.59 Å². The summed E-state index contributed by atoms with van der Waals surface area (Å²) < 4.78 is 4.60. The number of nitrogens with zero attached hydrogens (tertiary/aromatic N) is 1. The molecule has 21 heavy (non-hydrogen) atoms. The predicted octanol–water partition coefficient (Wildman–Crippen LogP) is 2.30. The Morgan fingerprint density at radius 2 is 1.62 bits per heavy atom. The van der Waals surface area contributed by atoms with Crippen LogP contribution in [0.5, 0.6) is 5.75 Å². The molecule has 7 nitrogen and oxygen atoms in total. The van der Waals surface area contributed by atoms with Crippen LogP contribution in [0.15, 0.2) is 48.5 Å². The first-order valence-corrected chi connectivity index (χ1v) is 5.78. The van der Waals surface area contributed by atoms with Gasteiger partial charge in [-0.1, -0.05) is 12.1 Å². The van der Waals surface area contributed by atoms with Crippen molar-refractivity contribution in [1.82, 2.24) is 0 Å². The van der Waals surface area contributed by atoms with Crippen LogP contribution in [0, 0.1) is 10.1 Å². The maximum atomic E-state index is 11.7. The summed E-state index contributed by atoms with van der Waals surface area (Å²) in [6.45, 7) is 0. The van der Waals surface area contributed by atoms with Crippen molar-refractivity contribution in [2.24, 2.45) is 0 Å². The number of phenolic OH excluding ortho intramolecular Hbond substituents is 1. The number of carbonyl (C=O) groups is 2. The van der Waals surface area contributed by atoms with E-state index in [0.717, 1.165) is 12.1 Å². The average molecular weight is 287 g/mol. The monoisotopic (exact) mass is 287 g/mol. The van der Waals surface area contributed by atoms with Gasteiger partial charge in [-0.2, -0.15) is 0 Å². The molecule has 0 aliphatic carbocycles. The molecule has 0 aliphatic rings. The molecule has 0 fully saturated rings. The van der Waals surface area contributed by atoms with Crippen LogP contribution in [0.3, 0.4) is 0 Å². The van der Waals surface area contributed by atoms with Crippen molar-refractivity contribution < 1.29 is 24.4 Å². The van der Waals surface area contributed by atoms with Crippen molar-refractivity contribution in [3.8, 4) is 5.75 Å². The quantitative estimate of drug-likeness (QED) is 0.401. The smallest absolute Gasteiger partial charge is 0.349 e. The molecule has 0 saturated heterocycles. The molecular weight excluding hydrogens is 278 g/mol. The molecule has 2 aromatic rings. The standard InChI is InChI=1S/C14H9NO6/c16-12-4-2-1-3-11(12)14(18)21-13(17)9-5-7-10(8-6-9)15(19)20/h1-8,16H. The topological polar surface area (TPSA) is 107 Å². The Bertz CT molecular complexity index is 708. The Hall–Kier alpha value is -3.22. The van der Waals surface area contributed by atoms with E-state index in [1.165, 1.54) is 36.4 Å². The molecule has 0 amide bonds. The zero-order valence-corrected chi connectivity index (χ0v) is 10.6. The van der Waals surface area contributed by atoms with Gasteiger partial charge in [-0.3, -0.25) is 10.1 Å². The summed E-state index contributed by atoms with van der Waals surface area (Å²) in [5, 5.41) is 20.0. The number of non-ortho nitro benzene ring substituents is 1. The molecule has 0 heterocycles. The zero-order valence-electron chi connectivity index (χ0n) is 10.6. The average Bonchev–Trinajstić information content (AvgIpc) is 2.47. The summed E-state index contributed by atoms with van der Waals surface area (Å²) in [6, 6.07) is 10.2. The van der Waals surface area contributed by atoms with Gasteiger partial charge < -0.3 is 9.84 Å². The van der Waals surface area contributed by atoms with Crippen molar-refractivity contribution in [3.05, 3.63) is 69.8 Å². The van der Waals surface area contributed by atoms with E-state index in [0.29, 0.717) is 0 Å². The van der Waals surface area contributed by atoms with Crippen LogP contribution >= 0.6 is 0 Å². The molecule has 1 N–H and O–H groups in total. The lowest BCUT2D eigenvalue weighted by Crippen LogP contribution is -2.13. The molecular formula is C14H9NO6.